The van der Waals surface area contributed by atoms with Gasteiger partial charge in [-0.2, -0.15) is 13.2 Å². The molecule has 1 saturated heterocycles. The Labute approximate surface area is 118 Å². The minimum atomic E-state index is -4.26. The van der Waals surface area contributed by atoms with Gasteiger partial charge in [0.05, 0.1) is 5.56 Å². The van der Waals surface area contributed by atoms with Crippen LogP contribution in [0.25, 0.3) is 0 Å². The maximum atomic E-state index is 12.6. The van der Waals surface area contributed by atoms with Crippen molar-refractivity contribution in [1.29, 1.82) is 0 Å². The molecule has 1 aliphatic heterocycles. The predicted octanol–water partition coefficient (Wildman–Crippen LogP) is 3.53. The summed E-state index contributed by atoms with van der Waals surface area (Å²) in [6.07, 6.45) is -2.01. The van der Waals surface area contributed by atoms with Crippen LogP contribution < -0.4 is 10.2 Å². The molecule has 0 radical (unpaired) electrons. The largest absolute Gasteiger partial charge is 0.416 e. The fourth-order valence-corrected chi connectivity index (χ4v) is 2.75. The first kappa shape index (κ1) is 15.2. The molecular formula is C15H21F3N2. The van der Waals surface area contributed by atoms with Gasteiger partial charge in [0.25, 0.3) is 0 Å². The lowest BCUT2D eigenvalue weighted by Gasteiger charge is -2.37. The van der Waals surface area contributed by atoms with Crippen molar-refractivity contribution in [2.75, 3.05) is 25.0 Å². The van der Waals surface area contributed by atoms with Crippen molar-refractivity contribution in [3.63, 3.8) is 0 Å². The Bertz CT molecular complexity index is 428. The smallest absolute Gasteiger partial charge is 0.371 e. The van der Waals surface area contributed by atoms with E-state index in [0.29, 0.717) is 12.0 Å². The van der Waals surface area contributed by atoms with Crippen LogP contribution in [0.15, 0.2) is 24.3 Å². The van der Waals surface area contributed by atoms with Gasteiger partial charge in [0.2, 0.25) is 0 Å². The van der Waals surface area contributed by atoms with Gasteiger partial charge in [0, 0.05) is 24.8 Å². The highest BCUT2D eigenvalue weighted by atomic mass is 19.4. The molecule has 1 heterocycles. The maximum absolute atomic E-state index is 12.6. The molecule has 1 aliphatic rings. The average molecular weight is 286 g/mol. The molecular weight excluding hydrogens is 265 g/mol. The van der Waals surface area contributed by atoms with Crippen molar-refractivity contribution in [3.05, 3.63) is 29.8 Å². The normalized spacial score (nSPS) is 21.9. The number of halogens is 3. The van der Waals surface area contributed by atoms with E-state index < -0.39 is 11.7 Å². The first-order valence-corrected chi connectivity index (χ1v) is 7.01. The molecule has 2 atom stereocenters. The number of hydrogen-bond donors (Lipinski definition) is 1. The lowest BCUT2D eigenvalue weighted by Crippen LogP contribution is -2.43. The summed E-state index contributed by atoms with van der Waals surface area (Å²) in [5.74, 6) is 0.538. The third-order valence-electron chi connectivity index (χ3n) is 4.18. The van der Waals surface area contributed by atoms with Gasteiger partial charge in [-0.05, 0) is 57.0 Å². The summed E-state index contributed by atoms with van der Waals surface area (Å²) in [5.41, 5.74) is 0.296. The Balaban J connectivity index is 2.07. The van der Waals surface area contributed by atoms with Crippen LogP contribution in [0, 0.1) is 5.92 Å². The highest BCUT2D eigenvalue weighted by Gasteiger charge is 2.30. The molecule has 112 valence electrons. The van der Waals surface area contributed by atoms with Gasteiger partial charge in [-0.3, -0.25) is 0 Å². The van der Waals surface area contributed by atoms with Crippen LogP contribution in [0.2, 0.25) is 0 Å². The number of benzene rings is 1. The lowest BCUT2D eigenvalue weighted by atomic mass is 9.91. The zero-order valence-electron chi connectivity index (χ0n) is 11.9. The molecule has 0 amide bonds. The maximum Gasteiger partial charge on any atom is 0.416 e. The number of hydrogen-bond acceptors (Lipinski definition) is 2. The highest BCUT2D eigenvalue weighted by Crippen LogP contribution is 2.31. The molecule has 0 aromatic heterocycles. The molecule has 0 aliphatic carbocycles. The monoisotopic (exact) mass is 286 g/mol. The summed E-state index contributed by atoms with van der Waals surface area (Å²) in [4.78, 5) is 2.18. The SMILES string of the molecule is CNC(C)C1CCCN(c2ccc(C(F)(F)F)cc2)C1. The van der Waals surface area contributed by atoms with Gasteiger partial charge in [-0.15, -0.1) is 0 Å². The van der Waals surface area contributed by atoms with E-state index in [0.717, 1.165) is 25.2 Å². The minimum absolute atomic E-state index is 0.423. The lowest BCUT2D eigenvalue weighted by molar-refractivity contribution is -0.137. The van der Waals surface area contributed by atoms with Crippen molar-refractivity contribution in [2.45, 2.75) is 32.0 Å². The number of alkyl halides is 3. The molecule has 1 aromatic rings. The summed E-state index contributed by atoms with van der Waals surface area (Å²) in [6.45, 7) is 3.96. The molecule has 0 saturated carbocycles. The van der Waals surface area contributed by atoms with Crippen LogP contribution in [0.5, 0.6) is 0 Å². The number of nitrogens with one attached hydrogen (secondary N) is 1. The number of nitrogens with zero attached hydrogens (tertiary/aromatic N) is 1. The fourth-order valence-electron chi connectivity index (χ4n) is 2.75. The van der Waals surface area contributed by atoms with Gasteiger partial charge in [0.15, 0.2) is 0 Å². The molecule has 0 spiro atoms. The van der Waals surface area contributed by atoms with E-state index in [4.69, 9.17) is 0 Å². The average Bonchev–Trinajstić information content (AvgIpc) is 2.46. The molecule has 1 aromatic carbocycles. The van der Waals surface area contributed by atoms with Crippen LogP contribution in [0.3, 0.4) is 0 Å². The van der Waals surface area contributed by atoms with Gasteiger partial charge >= 0.3 is 6.18 Å². The Morgan fingerprint density at radius 2 is 1.90 bits per heavy atom. The van der Waals surface area contributed by atoms with Crippen LogP contribution in [0.4, 0.5) is 18.9 Å². The third kappa shape index (κ3) is 3.45. The molecule has 0 bridgehead atoms. The van der Waals surface area contributed by atoms with E-state index in [1.54, 1.807) is 12.1 Å². The van der Waals surface area contributed by atoms with E-state index in [9.17, 15) is 13.2 Å². The summed E-state index contributed by atoms with van der Waals surface area (Å²) in [6, 6.07) is 5.91. The van der Waals surface area contributed by atoms with Crippen molar-refractivity contribution in [2.24, 2.45) is 5.92 Å². The van der Waals surface area contributed by atoms with Crippen LogP contribution in [-0.2, 0) is 6.18 Å². The summed E-state index contributed by atoms with van der Waals surface area (Å²) in [5, 5.41) is 3.26. The van der Waals surface area contributed by atoms with Crippen LogP contribution in [0.1, 0.15) is 25.3 Å². The Morgan fingerprint density at radius 3 is 2.45 bits per heavy atom. The minimum Gasteiger partial charge on any atom is -0.371 e. The third-order valence-corrected chi connectivity index (χ3v) is 4.18. The number of piperidine rings is 1. The quantitative estimate of drug-likeness (QED) is 0.914. The Hall–Kier alpha value is -1.23. The molecule has 2 unspecified atom stereocenters. The first-order valence-electron chi connectivity index (χ1n) is 7.01. The van der Waals surface area contributed by atoms with Crippen molar-refractivity contribution in [3.8, 4) is 0 Å². The van der Waals surface area contributed by atoms with E-state index >= 15 is 0 Å². The van der Waals surface area contributed by atoms with E-state index in [1.165, 1.54) is 18.6 Å². The molecule has 2 rings (SSSR count). The predicted molar refractivity (Wildman–Crippen MR) is 74.9 cm³/mol. The van der Waals surface area contributed by atoms with Gasteiger partial charge < -0.3 is 10.2 Å². The topological polar surface area (TPSA) is 15.3 Å². The Kier molecular flexibility index (Phi) is 4.58. The van der Waals surface area contributed by atoms with Crippen LogP contribution in [-0.4, -0.2) is 26.2 Å². The van der Waals surface area contributed by atoms with E-state index in [2.05, 4.69) is 17.1 Å². The van der Waals surface area contributed by atoms with Crippen molar-refractivity contribution < 1.29 is 13.2 Å². The van der Waals surface area contributed by atoms with Gasteiger partial charge in [0.1, 0.15) is 0 Å². The number of rotatable bonds is 3. The molecule has 5 heteroatoms. The fraction of sp³-hybridized carbons (Fsp3) is 0.600. The summed E-state index contributed by atoms with van der Waals surface area (Å²) in [7, 11) is 1.95. The second kappa shape index (κ2) is 6.04. The van der Waals surface area contributed by atoms with Gasteiger partial charge in [-0.1, -0.05) is 0 Å². The second-order valence-electron chi connectivity index (χ2n) is 5.47. The molecule has 2 nitrogen and oxygen atoms in total. The summed E-state index contributed by atoms with van der Waals surface area (Å²) >= 11 is 0. The number of anilines is 1. The summed E-state index contributed by atoms with van der Waals surface area (Å²) < 4.78 is 37.7. The van der Waals surface area contributed by atoms with Gasteiger partial charge in [-0.25, -0.2) is 0 Å². The second-order valence-corrected chi connectivity index (χ2v) is 5.47. The standard InChI is InChI=1S/C15H21F3N2/c1-11(19-2)12-4-3-9-20(10-12)14-7-5-13(6-8-14)15(16,17)18/h5-8,11-12,19H,3-4,9-10H2,1-2H3. The van der Waals surface area contributed by atoms with Crippen molar-refractivity contribution >= 4 is 5.69 Å². The zero-order valence-corrected chi connectivity index (χ0v) is 11.9. The first-order chi connectivity index (χ1) is 9.41. The van der Waals surface area contributed by atoms with Crippen molar-refractivity contribution in [1.82, 2.24) is 5.32 Å². The highest BCUT2D eigenvalue weighted by molar-refractivity contribution is 5.48. The van der Waals surface area contributed by atoms with E-state index in [-0.39, 0.29) is 0 Å². The zero-order chi connectivity index (χ0) is 14.8. The van der Waals surface area contributed by atoms with E-state index in [1.807, 2.05) is 7.05 Å². The Morgan fingerprint density at radius 1 is 1.25 bits per heavy atom. The van der Waals surface area contributed by atoms with Crippen LogP contribution >= 0.6 is 0 Å². The molecule has 1 fully saturated rings. The molecule has 1 N–H and O–H groups in total. The molecule has 20 heavy (non-hydrogen) atoms.